The molecule has 1 aromatic rings. The van der Waals surface area contributed by atoms with Crippen LogP contribution in [-0.2, 0) is 16.1 Å². The van der Waals surface area contributed by atoms with Crippen molar-refractivity contribution in [1.29, 1.82) is 0 Å². The van der Waals surface area contributed by atoms with Crippen LogP contribution in [0, 0.1) is 12.8 Å². The first kappa shape index (κ1) is 14.5. The molecule has 0 saturated heterocycles. The second-order valence-corrected chi connectivity index (χ2v) is 4.72. The zero-order valence-electron chi connectivity index (χ0n) is 11.4. The molecule has 1 amide bonds. The fourth-order valence-corrected chi connectivity index (χ4v) is 1.54. The molecule has 1 N–H and O–H groups in total. The lowest BCUT2D eigenvalue weighted by molar-refractivity contribution is -0.133. The molecule has 0 atom stereocenters. The van der Waals surface area contributed by atoms with Crippen molar-refractivity contribution < 1.29 is 14.4 Å². The van der Waals surface area contributed by atoms with Gasteiger partial charge in [0.25, 0.3) is 0 Å². The van der Waals surface area contributed by atoms with Crippen molar-refractivity contribution in [2.45, 2.75) is 27.2 Å². The molecule has 18 heavy (non-hydrogen) atoms. The summed E-state index contributed by atoms with van der Waals surface area (Å²) >= 11 is 0. The van der Waals surface area contributed by atoms with E-state index < -0.39 is 0 Å². The van der Waals surface area contributed by atoms with Crippen LogP contribution in [0.3, 0.4) is 0 Å². The average molecular weight is 251 g/mol. The van der Waals surface area contributed by atoms with Crippen LogP contribution in [0.1, 0.15) is 25.0 Å². The van der Waals surface area contributed by atoms with Crippen LogP contribution < -0.4 is 10.2 Å². The minimum Gasteiger partial charge on any atom is -0.496 e. The molecule has 0 heterocycles. The van der Waals surface area contributed by atoms with E-state index >= 15 is 0 Å². The molecule has 4 heteroatoms. The van der Waals surface area contributed by atoms with E-state index in [1.165, 1.54) is 0 Å². The highest BCUT2D eigenvalue weighted by Crippen LogP contribution is 2.19. The molecule has 0 spiro atoms. The van der Waals surface area contributed by atoms with Crippen molar-refractivity contribution in [2.75, 3.05) is 13.7 Å². The predicted molar refractivity (Wildman–Crippen MR) is 70.4 cm³/mol. The Morgan fingerprint density at radius 1 is 1.39 bits per heavy atom. The highest BCUT2D eigenvalue weighted by Gasteiger charge is 2.09. The summed E-state index contributed by atoms with van der Waals surface area (Å²) in [7, 11) is 1.60. The van der Waals surface area contributed by atoms with Crippen molar-refractivity contribution in [3.63, 3.8) is 0 Å². The molecule has 1 aromatic carbocycles. The fourth-order valence-electron chi connectivity index (χ4n) is 1.54. The van der Waals surface area contributed by atoms with Gasteiger partial charge >= 0.3 is 0 Å². The largest absolute Gasteiger partial charge is 0.496 e. The maximum absolute atomic E-state index is 11.7. The molecule has 0 bridgehead atoms. The van der Waals surface area contributed by atoms with E-state index in [1.54, 1.807) is 7.11 Å². The van der Waals surface area contributed by atoms with Crippen LogP contribution in [-0.4, -0.2) is 19.6 Å². The lowest BCUT2D eigenvalue weighted by Crippen LogP contribution is -2.27. The first-order valence-electron chi connectivity index (χ1n) is 6.07. The number of hydrogen-bond donors (Lipinski definition) is 1. The first-order chi connectivity index (χ1) is 8.52. The maximum Gasteiger partial charge on any atom is 0.248 e. The summed E-state index contributed by atoms with van der Waals surface area (Å²) in [4.78, 5) is 16.8. The number of carbonyl (C=O) groups excluding carboxylic acids is 1. The van der Waals surface area contributed by atoms with Crippen molar-refractivity contribution in [1.82, 2.24) is 5.48 Å². The summed E-state index contributed by atoms with van der Waals surface area (Å²) in [5, 5.41) is 0. The van der Waals surface area contributed by atoms with Gasteiger partial charge in [-0.3, -0.25) is 9.63 Å². The highest BCUT2D eigenvalue weighted by molar-refractivity contribution is 5.78. The molecule has 0 fully saturated rings. The fraction of sp³-hybridized carbons (Fsp3) is 0.500. The summed E-state index contributed by atoms with van der Waals surface area (Å²) in [5.74, 6) is 0.943. The molecule has 1 rings (SSSR count). The minimum atomic E-state index is -0.167. The smallest absolute Gasteiger partial charge is 0.248 e. The Bertz CT molecular complexity index is 402. The van der Waals surface area contributed by atoms with E-state index in [2.05, 4.69) is 5.48 Å². The van der Waals surface area contributed by atoms with Gasteiger partial charge in [-0.15, -0.1) is 0 Å². The molecule has 4 nitrogen and oxygen atoms in total. The number of amides is 1. The van der Waals surface area contributed by atoms with Gasteiger partial charge in [-0.1, -0.05) is 31.5 Å². The number of rotatable bonds is 6. The van der Waals surface area contributed by atoms with Crippen LogP contribution in [0.25, 0.3) is 0 Å². The number of benzene rings is 1. The molecular formula is C14H21NO3. The van der Waals surface area contributed by atoms with Crippen LogP contribution in [0.15, 0.2) is 18.2 Å². The number of aryl methyl sites for hydroxylation is 1. The third-order valence-electron chi connectivity index (χ3n) is 2.39. The van der Waals surface area contributed by atoms with Crippen molar-refractivity contribution in [3.05, 3.63) is 29.3 Å². The molecule has 0 unspecified atom stereocenters. The molecule has 0 saturated carbocycles. The van der Waals surface area contributed by atoms with Gasteiger partial charge in [0, 0.05) is 5.56 Å². The number of hydrogen-bond acceptors (Lipinski definition) is 3. The SMILES string of the molecule is COc1ccc(C)cc1CC(=O)NOCC(C)C. The number of methoxy groups -OCH3 is 1. The van der Waals surface area contributed by atoms with E-state index in [4.69, 9.17) is 9.57 Å². The Morgan fingerprint density at radius 2 is 2.11 bits per heavy atom. The lowest BCUT2D eigenvalue weighted by Gasteiger charge is -2.10. The molecular weight excluding hydrogens is 230 g/mol. The Balaban J connectivity index is 2.55. The number of hydroxylamine groups is 1. The normalized spacial score (nSPS) is 10.5. The van der Waals surface area contributed by atoms with Gasteiger partial charge in [-0.25, -0.2) is 5.48 Å². The van der Waals surface area contributed by atoms with Crippen LogP contribution in [0.2, 0.25) is 0 Å². The molecule has 0 aromatic heterocycles. The van der Waals surface area contributed by atoms with Gasteiger partial charge in [0.2, 0.25) is 5.91 Å². The van der Waals surface area contributed by atoms with Crippen LogP contribution in [0.4, 0.5) is 0 Å². The Hall–Kier alpha value is -1.55. The van der Waals surface area contributed by atoms with Gasteiger partial charge in [-0.05, 0) is 18.9 Å². The molecule has 0 aliphatic carbocycles. The standard InChI is InChI=1S/C14H21NO3/c1-10(2)9-18-15-14(16)8-12-7-11(3)5-6-13(12)17-4/h5-7,10H,8-9H2,1-4H3,(H,15,16). The minimum absolute atomic E-state index is 0.167. The number of carbonyl (C=O) groups is 1. The topological polar surface area (TPSA) is 47.6 Å². The van der Waals surface area contributed by atoms with Gasteiger partial charge < -0.3 is 4.74 Å². The Morgan fingerprint density at radius 3 is 2.72 bits per heavy atom. The third-order valence-corrected chi connectivity index (χ3v) is 2.39. The Kier molecular flexibility index (Phi) is 5.65. The summed E-state index contributed by atoms with van der Waals surface area (Å²) in [6.45, 7) is 6.54. The van der Waals surface area contributed by atoms with E-state index in [0.717, 1.165) is 16.9 Å². The zero-order valence-corrected chi connectivity index (χ0v) is 11.4. The molecule has 0 aliphatic heterocycles. The first-order valence-corrected chi connectivity index (χ1v) is 6.07. The second kappa shape index (κ2) is 7.01. The van der Waals surface area contributed by atoms with E-state index in [-0.39, 0.29) is 12.3 Å². The third kappa shape index (κ3) is 4.75. The molecule has 0 aliphatic rings. The zero-order chi connectivity index (χ0) is 13.5. The van der Waals surface area contributed by atoms with Gasteiger partial charge in [-0.2, -0.15) is 0 Å². The molecule has 0 radical (unpaired) electrons. The van der Waals surface area contributed by atoms with E-state index in [1.807, 2.05) is 39.0 Å². The Labute approximate surface area is 108 Å². The van der Waals surface area contributed by atoms with Crippen molar-refractivity contribution in [2.24, 2.45) is 5.92 Å². The van der Waals surface area contributed by atoms with Gasteiger partial charge in [0.15, 0.2) is 0 Å². The quantitative estimate of drug-likeness (QED) is 0.789. The van der Waals surface area contributed by atoms with E-state index in [0.29, 0.717) is 12.5 Å². The van der Waals surface area contributed by atoms with Crippen LogP contribution >= 0.6 is 0 Å². The number of nitrogens with one attached hydrogen (secondary N) is 1. The van der Waals surface area contributed by atoms with Gasteiger partial charge in [0.05, 0.1) is 20.1 Å². The second-order valence-electron chi connectivity index (χ2n) is 4.72. The summed E-state index contributed by atoms with van der Waals surface area (Å²) in [6.07, 6.45) is 0.253. The summed E-state index contributed by atoms with van der Waals surface area (Å²) in [5.41, 5.74) is 4.40. The van der Waals surface area contributed by atoms with Crippen molar-refractivity contribution >= 4 is 5.91 Å². The van der Waals surface area contributed by atoms with E-state index in [9.17, 15) is 4.79 Å². The monoisotopic (exact) mass is 251 g/mol. The summed E-state index contributed by atoms with van der Waals surface area (Å²) in [6, 6.07) is 5.77. The lowest BCUT2D eigenvalue weighted by atomic mass is 10.1. The summed E-state index contributed by atoms with van der Waals surface area (Å²) < 4.78 is 5.22. The average Bonchev–Trinajstić information content (AvgIpc) is 2.28. The molecule has 100 valence electrons. The van der Waals surface area contributed by atoms with Crippen LogP contribution in [0.5, 0.6) is 5.75 Å². The highest BCUT2D eigenvalue weighted by atomic mass is 16.6. The van der Waals surface area contributed by atoms with Crippen molar-refractivity contribution in [3.8, 4) is 5.75 Å². The predicted octanol–water partition coefficient (Wildman–Crippen LogP) is 2.25. The van der Waals surface area contributed by atoms with Gasteiger partial charge in [0.1, 0.15) is 5.75 Å². The maximum atomic E-state index is 11.7. The number of ether oxygens (including phenoxy) is 1.